The van der Waals surface area contributed by atoms with Crippen LogP contribution < -0.4 is 0 Å². The first kappa shape index (κ1) is 22.3. The SMILES string of the molecule is CC(C)(C)c1cc(-c2ccc(N=NN3CCCCC3)c(I)c2)cc(C(C)(C)C)c1. The molecule has 3 rings (SSSR count). The fraction of sp³-hybridized carbons (Fsp3) is 0.520. The predicted octanol–water partition coefficient (Wildman–Crippen LogP) is 8.04. The van der Waals surface area contributed by atoms with E-state index in [-0.39, 0.29) is 10.8 Å². The number of halogens is 1. The molecule has 1 saturated heterocycles. The van der Waals surface area contributed by atoms with Crippen molar-refractivity contribution in [1.29, 1.82) is 0 Å². The molecule has 156 valence electrons. The smallest absolute Gasteiger partial charge is 0.101 e. The Bertz CT molecular complexity index is 850. The molecular formula is C25H34IN3. The lowest BCUT2D eigenvalue weighted by Crippen LogP contribution is -2.23. The van der Waals surface area contributed by atoms with Crippen LogP contribution in [0.3, 0.4) is 0 Å². The van der Waals surface area contributed by atoms with Crippen LogP contribution in [0.2, 0.25) is 0 Å². The van der Waals surface area contributed by atoms with Crippen LogP contribution in [-0.4, -0.2) is 18.1 Å². The van der Waals surface area contributed by atoms with E-state index in [9.17, 15) is 0 Å². The maximum Gasteiger partial charge on any atom is 0.101 e. The normalized spacial score (nSPS) is 15.9. The molecule has 4 heteroatoms. The van der Waals surface area contributed by atoms with Gasteiger partial charge in [-0.3, -0.25) is 5.01 Å². The van der Waals surface area contributed by atoms with E-state index in [1.54, 1.807) is 0 Å². The van der Waals surface area contributed by atoms with Gasteiger partial charge < -0.3 is 0 Å². The molecule has 0 atom stereocenters. The van der Waals surface area contributed by atoms with Crippen LogP contribution in [0, 0.1) is 3.57 Å². The summed E-state index contributed by atoms with van der Waals surface area (Å²) in [4.78, 5) is 0. The summed E-state index contributed by atoms with van der Waals surface area (Å²) in [5.41, 5.74) is 6.45. The molecule has 1 aliphatic rings. The van der Waals surface area contributed by atoms with E-state index in [1.165, 1.54) is 41.5 Å². The Hall–Kier alpha value is -1.43. The van der Waals surface area contributed by atoms with E-state index in [2.05, 4.69) is 116 Å². The van der Waals surface area contributed by atoms with Crippen molar-refractivity contribution in [2.75, 3.05) is 13.1 Å². The van der Waals surface area contributed by atoms with E-state index in [0.717, 1.165) is 22.3 Å². The first-order valence-electron chi connectivity index (χ1n) is 10.7. The third-order valence-electron chi connectivity index (χ3n) is 5.56. The molecule has 1 heterocycles. The maximum absolute atomic E-state index is 4.52. The van der Waals surface area contributed by atoms with Gasteiger partial charge in [0.25, 0.3) is 0 Å². The van der Waals surface area contributed by atoms with Crippen molar-refractivity contribution in [3.8, 4) is 11.1 Å². The molecule has 2 aromatic carbocycles. The van der Waals surface area contributed by atoms with Crippen molar-refractivity contribution >= 4 is 28.3 Å². The van der Waals surface area contributed by atoms with Gasteiger partial charge in [0.05, 0.1) is 0 Å². The number of rotatable bonds is 3. The van der Waals surface area contributed by atoms with Crippen molar-refractivity contribution in [2.24, 2.45) is 10.3 Å². The highest BCUT2D eigenvalue weighted by Crippen LogP contribution is 2.35. The molecule has 1 fully saturated rings. The topological polar surface area (TPSA) is 28.0 Å². The third-order valence-corrected chi connectivity index (χ3v) is 6.42. The van der Waals surface area contributed by atoms with Crippen LogP contribution in [0.25, 0.3) is 11.1 Å². The fourth-order valence-electron chi connectivity index (χ4n) is 3.51. The second-order valence-electron chi connectivity index (χ2n) is 10.2. The molecule has 0 unspecified atom stereocenters. The summed E-state index contributed by atoms with van der Waals surface area (Å²) < 4.78 is 1.14. The van der Waals surface area contributed by atoms with E-state index in [4.69, 9.17) is 0 Å². The summed E-state index contributed by atoms with van der Waals surface area (Å²) in [5, 5.41) is 11.1. The standard InChI is InChI=1S/C25H34IN3/c1-24(2,3)20-14-19(15-21(17-20)25(4,5)6)18-10-11-23(22(26)16-18)27-28-29-12-8-7-9-13-29/h10-11,14-17H,7-9,12-13H2,1-6H3. The monoisotopic (exact) mass is 503 g/mol. The van der Waals surface area contributed by atoms with Gasteiger partial charge in [-0.15, -0.1) is 5.11 Å². The molecule has 0 N–H and O–H groups in total. The minimum absolute atomic E-state index is 0.117. The zero-order valence-electron chi connectivity index (χ0n) is 18.7. The Morgan fingerprint density at radius 2 is 1.34 bits per heavy atom. The molecule has 29 heavy (non-hydrogen) atoms. The Morgan fingerprint density at radius 1 is 0.759 bits per heavy atom. The van der Waals surface area contributed by atoms with Gasteiger partial charge in [-0.25, -0.2) is 0 Å². The first-order valence-corrected chi connectivity index (χ1v) is 11.7. The average molecular weight is 503 g/mol. The molecule has 0 aliphatic carbocycles. The van der Waals surface area contributed by atoms with Gasteiger partial charge in [0.1, 0.15) is 5.69 Å². The second-order valence-corrected chi connectivity index (χ2v) is 11.3. The highest BCUT2D eigenvalue weighted by atomic mass is 127. The summed E-state index contributed by atoms with van der Waals surface area (Å²) in [7, 11) is 0. The number of piperidine rings is 1. The van der Waals surface area contributed by atoms with Gasteiger partial charge in [0.15, 0.2) is 0 Å². The van der Waals surface area contributed by atoms with E-state index < -0.39 is 0 Å². The molecule has 0 saturated carbocycles. The van der Waals surface area contributed by atoms with E-state index >= 15 is 0 Å². The second kappa shape index (κ2) is 8.75. The van der Waals surface area contributed by atoms with Crippen LogP contribution in [-0.2, 0) is 10.8 Å². The maximum atomic E-state index is 4.52. The lowest BCUT2D eigenvalue weighted by molar-refractivity contribution is 0.224. The highest BCUT2D eigenvalue weighted by Gasteiger charge is 2.21. The van der Waals surface area contributed by atoms with Crippen molar-refractivity contribution in [2.45, 2.75) is 71.6 Å². The predicted molar refractivity (Wildman–Crippen MR) is 132 cm³/mol. The molecule has 3 nitrogen and oxygen atoms in total. The van der Waals surface area contributed by atoms with E-state index in [0.29, 0.717) is 0 Å². The van der Waals surface area contributed by atoms with Gasteiger partial charge in [0.2, 0.25) is 0 Å². The summed E-state index contributed by atoms with van der Waals surface area (Å²) in [5.74, 6) is 0. The molecular weight excluding hydrogens is 469 g/mol. The molecule has 1 aliphatic heterocycles. The van der Waals surface area contributed by atoms with Gasteiger partial charge in [-0.05, 0) is 87.1 Å². The molecule has 0 spiro atoms. The van der Waals surface area contributed by atoms with Crippen LogP contribution in [0.1, 0.15) is 71.9 Å². The molecule has 0 bridgehead atoms. The minimum atomic E-state index is 0.117. The average Bonchev–Trinajstić information content (AvgIpc) is 2.66. The van der Waals surface area contributed by atoms with Crippen LogP contribution in [0.15, 0.2) is 46.7 Å². The molecule has 2 aromatic rings. The van der Waals surface area contributed by atoms with Gasteiger partial charge in [-0.2, -0.15) is 0 Å². The summed E-state index contributed by atoms with van der Waals surface area (Å²) in [6, 6.07) is 13.6. The largest absolute Gasteiger partial charge is 0.278 e. The van der Waals surface area contributed by atoms with Crippen molar-refractivity contribution in [3.63, 3.8) is 0 Å². The Kier molecular flexibility index (Phi) is 6.71. The molecule has 0 amide bonds. The quantitative estimate of drug-likeness (QED) is 0.308. The zero-order chi connectivity index (χ0) is 21.2. The Labute approximate surface area is 190 Å². The third kappa shape index (κ3) is 5.80. The van der Waals surface area contributed by atoms with Crippen molar-refractivity contribution < 1.29 is 0 Å². The zero-order valence-corrected chi connectivity index (χ0v) is 20.9. The van der Waals surface area contributed by atoms with Gasteiger partial charge in [-0.1, -0.05) is 71.0 Å². The Balaban J connectivity index is 1.94. The van der Waals surface area contributed by atoms with Crippen LogP contribution in [0.4, 0.5) is 5.69 Å². The van der Waals surface area contributed by atoms with Gasteiger partial charge in [0, 0.05) is 16.7 Å². The highest BCUT2D eigenvalue weighted by molar-refractivity contribution is 14.1. The number of hydrogen-bond donors (Lipinski definition) is 0. The fourth-order valence-corrected chi connectivity index (χ4v) is 4.13. The van der Waals surface area contributed by atoms with Gasteiger partial charge >= 0.3 is 0 Å². The van der Waals surface area contributed by atoms with Crippen LogP contribution in [0.5, 0.6) is 0 Å². The van der Waals surface area contributed by atoms with E-state index in [1.807, 2.05) is 0 Å². The summed E-state index contributed by atoms with van der Waals surface area (Å²) >= 11 is 2.38. The van der Waals surface area contributed by atoms with Crippen LogP contribution >= 0.6 is 22.6 Å². The van der Waals surface area contributed by atoms with Crippen molar-refractivity contribution in [3.05, 3.63) is 51.1 Å². The summed E-state index contributed by atoms with van der Waals surface area (Å²) in [6.07, 6.45) is 3.74. The lowest BCUT2D eigenvalue weighted by atomic mass is 9.79. The lowest BCUT2D eigenvalue weighted by Gasteiger charge is -2.26. The summed E-state index contributed by atoms with van der Waals surface area (Å²) in [6.45, 7) is 15.7. The minimum Gasteiger partial charge on any atom is -0.278 e. The molecule has 0 aromatic heterocycles. The van der Waals surface area contributed by atoms with Crippen molar-refractivity contribution in [1.82, 2.24) is 5.01 Å². The number of benzene rings is 2. The first-order chi connectivity index (χ1) is 13.5. The number of nitrogens with zero attached hydrogens (tertiary/aromatic N) is 3. The molecule has 0 radical (unpaired) electrons. The number of hydrogen-bond acceptors (Lipinski definition) is 2. The Morgan fingerprint density at radius 3 is 1.86 bits per heavy atom.